The van der Waals surface area contributed by atoms with Gasteiger partial charge < -0.3 is 5.73 Å². The maximum atomic E-state index is 6.18. The Morgan fingerprint density at radius 2 is 1.63 bits per heavy atom. The van der Waals surface area contributed by atoms with E-state index >= 15 is 0 Å². The smallest absolute Gasteiger partial charge is 0.272 e. The predicted octanol–water partition coefficient (Wildman–Crippen LogP) is 2.86. The van der Waals surface area contributed by atoms with E-state index in [0.717, 1.165) is 5.69 Å². The average Bonchev–Trinajstić information content (AvgIpc) is 3.21. The van der Waals surface area contributed by atoms with Crippen LogP contribution in [0, 0.1) is 13.8 Å². The Morgan fingerprint density at radius 3 is 2.37 bits per heavy atom. The molecule has 2 N–H and O–H groups in total. The number of azo groups is 1. The number of rotatable bonds is 4. The van der Waals surface area contributed by atoms with E-state index in [1.165, 1.54) is 4.68 Å². The van der Waals surface area contributed by atoms with Crippen LogP contribution >= 0.6 is 0 Å². The molecule has 0 atom stereocenters. The molecule has 0 radical (unpaired) electrons. The highest BCUT2D eigenvalue weighted by Crippen LogP contribution is 2.29. The van der Waals surface area contributed by atoms with Crippen molar-refractivity contribution in [2.24, 2.45) is 10.2 Å². The number of aromatic nitrogens is 7. The van der Waals surface area contributed by atoms with Crippen molar-refractivity contribution in [1.29, 1.82) is 0 Å². The van der Waals surface area contributed by atoms with Crippen LogP contribution in [0.5, 0.6) is 0 Å². The topological polar surface area (TPSA) is 125 Å². The number of nitrogens with zero attached hydrogens (tertiary/aromatic N) is 9. The van der Waals surface area contributed by atoms with Crippen molar-refractivity contribution < 1.29 is 0 Å². The molecule has 0 saturated carbocycles. The van der Waals surface area contributed by atoms with E-state index in [4.69, 9.17) is 5.73 Å². The number of nitrogen functional groups attached to an aromatic ring is 1. The van der Waals surface area contributed by atoms with Crippen molar-refractivity contribution in [2.75, 3.05) is 5.73 Å². The molecule has 0 saturated heterocycles. The first kappa shape index (κ1) is 16.5. The van der Waals surface area contributed by atoms with Crippen LogP contribution in [-0.2, 0) is 0 Å². The monoisotopic (exact) mass is 360 g/mol. The standard InChI is InChI=1S/C17H16N10/c1-11-14(15(18)27(24-11)16-19-9-6-10-20-16)22-23-17-21-12(2)25-26(17)13-7-4-3-5-8-13/h3-10H,18H2,1-2H3/b23-22+. The first-order chi connectivity index (χ1) is 13.1. The molecule has 1 aromatic carbocycles. The van der Waals surface area contributed by atoms with Crippen molar-refractivity contribution in [3.63, 3.8) is 0 Å². The Hall–Kier alpha value is -3.95. The van der Waals surface area contributed by atoms with Crippen LogP contribution in [0.1, 0.15) is 11.5 Å². The summed E-state index contributed by atoms with van der Waals surface area (Å²) >= 11 is 0. The molecule has 0 aliphatic carbocycles. The lowest BCUT2D eigenvalue weighted by Gasteiger charge is -2.01. The molecule has 27 heavy (non-hydrogen) atoms. The number of hydrogen-bond donors (Lipinski definition) is 1. The highest BCUT2D eigenvalue weighted by atomic mass is 15.4. The predicted molar refractivity (Wildman–Crippen MR) is 98.6 cm³/mol. The number of anilines is 1. The van der Waals surface area contributed by atoms with E-state index in [1.54, 1.807) is 37.0 Å². The zero-order chi connectivity index (χ0) is 18.8. The van der Waals surface area contributed by atoms with Gasteiger partial charge in [0, 0.05) is 12.4 Å². The fourth-order valence-electron chi connectivity index (χ4n) is 2.52. The third kappa shape index (κ3) is 3.15. The van der Waals surface area contributed by atoms with Gasteiger partial charge in [0.2, 0.25) is 0 Å². The minimum atomic E-state index is 0.296. The van der Waals surface area contributed by atoms with Crippen LogP contribution in [-0.4, -0.2) is 34.5 Å². The number of nitrogens with two attached hydrogens (primary N) is 1. The lowest BCUT2D eigenvalue weighted by atomic mass is 10.3. The van der Waals surface area contributed by atoms with Crippen LogP contribution in [0.2, 0.25) is 0 Å². The maximum absolute atomic E-state index is 6.18. The quantitative estimate of drug-likeness (QED) is 0.558. The van der Waals surface area contributed by atoms with Crippen LogP contribution in [0.4, 0.5) is 17.5 Å². The Morgan fingerprint density at radius 1 is 0.889 bits per heavy atom. The van der Waals surface area contributed by atoms with Crippen molar-refractivity contribution in [3.05, 3.63) is 60.3 Å². The zero-order valence-electron chi connectivity index (χ0n) is 14.7. The van der Waals surface area contributed by atoms with Gasteiger partial charge in [0.25, 0.3) is 11.9 Å². The number of benzene rings is 1. The molecule has 0 unspecified atom stereocenters. The summed E-state index contributed by atoms with van der Waals surface area (Å²) in [7, 11) is 0. The van der Waals surface area contributed by atoms with Gasteiger partial charge in [-0.15, -0.1) is 15.3 Å². The van der Waals surface area contributed by atoms with E-state index in [0.29, 0.717) is 34.9 Å². The van der Waals surface area contributed by atoms with Crippen LogP contribution in [0.3, 0.4) is 0 Å². The normalized spacial score (nSPS) is 11.3. The van der Waals surface area contributed by atoms with E-state index in [-0.39, 0.29) is 0 Å². The Bertz CT molecular complexity index is 1100. The van der Waals surface area contributed by atoms with E-state index < -0.39 is 0 Å². The summed E-state index contributed by atoms with van der Waals surface area (Å²) in [5.74, 6) is 1.60. The zero-order valence-corrected chi connectivity index (χ0v) is 14.7. The Labute approximate surface area is 154 Å². The van der Waals surface area contributed by atoms with Crippen LogP contribution in [0.15, 0.2) is 59.0 Å². The minimum absolute atomic E-state index is 0.296. The van der Waals surface area contributed by atoms with E-state index in [9.17, 15) is 0 Å². The number of hydrogen-bond acceptors (Lipinski definition) is 8. The van der Waals surface area contributed by atoms with Gasteiger partial charge in [-0.05, 0) is 32.0 Å². The molecule has 0 aliphatic heterocycles. The molecular weight excluding hydrogens is 344 g/mol. The third-order valence-electron chi connectivity index (χ3n) is 3.74. The summed E-state index contributed by atoms with van der Waals surface area (Å²) in [5, 5.41) is 17.2. The van der Waals surface area contributed by atoms with Gasteiger partial charge in [0.05, 0.1) is 11.4 Å². The summed E-state index contributed by atoms with van der Waals surface area (Å²) in [6, 6.07) is 11.3. The molecule has 0 aliphatic rings. The molecule has 10 nitrogen and oxygen atoms in total. The largest absolute Gasteiger partial charge is 0.382 e. The van der Waals surface area contributed by atoms with Crippen molar-refractivity contribution in [2.45, 2.75) is 13.8 Å². The summed E-state index contributed by atoms with van der Waals surface area (Å²) in [6.07, 6.45) is 3.23. The molecule has 0 fully saturated rings. The molecule has 0 amide bonds. The third-order valence-corrected chi connectivity index (χ3v) is 3.74. The summed E-state index contributed by atoms with van der Waals surface area (Å²) in [4.78, 5) is 12.6. The lowest BCUT2D eigenvalue weighted by Crippen LogP contribution is -2.05. The van der Waals surface area contributed by atoms with Gasteiger partial charge in [-0.1, -0.05) is 18.2 Å². The highest BCUT2D eigenvalue weighted by molar-refractivity contribution is 5.62. The first-order valence-corrected chi connectivity index (χ1v) is 8.17. The first-order valence-electron chi connectivity index (χ1n) is 8.17. The fraction of sp³-hybridized carbons (Fsp3) is 0.118. The van der Waals surface area contributed by atoms with Gasteiger partial charge >= 0.3 is 0 Å². The Kier molecular flexibility index (Phi) is 4.13. The van der Waals surface area contributed by atoms with Crippen LogP contribution < -0.4 is 5.73 Å². The molecular formula is C17H16N10. The summed E-state index contributed by atoms with van der Waals surface area (Å²) < 4.78 is 3.05. The minimum Gasteiger partial charge on any atom is -0.382 e. The molecule has 3 aromatic heterocycles. The van der Waals surface area contributed by atoms with Crippen LogP contribution in [0.25, 0.3) is 11.6 Å². The molecule has 0 bridgehead atoms. The van der Waals surface area contributed by atoms with Gasteiger partial charge in [0.15, 0.2) is 11.5 Å². The molecule has 3 heterocycles. The van der Waals surface area contributed by atoms with E-state index in [1.807, 2.05) is 30.3 Å². The molecule has 134 valence electrons. The highest BCUT2D eigenvalue weighted by Gasteiger charge is 2.16. The molecule has 4 aromatic rings. The second-order valence-corrected chi connectivity index (χ2v) is 5.69. The summed E-state index contributed by atoms with van der Waals surface area (Å²) in [6.45, 7) is 3.58. The van der Waals surface area contributed by atoms with Gasteiger partial charge in [0.1, 0.15) is 5.82 Å². The fourth-order valence-corrected chi connectivity index (χ4v) is 2.52. The van der Waals surface area contributed by atoms with Gasteiger partial charge in [-0.2, -0.15) is 19.4 Å². The van der Waals surface area contributed by atoms with Crippen molar-refractivity contribution >= 4 is 17.5 Å². The number of aryl methyl sites for hydroxylation is 2. The van der Waals surface area contributed by atoms with E-state index in [2.05, 4.69) is 35.4 Å². The SMILES string of the molecule is Cc1nc(/N=N/c2c(C)nn(-c3ncccn3)c2N)n(-c2ccccc2)n1. The lowest BCUT2D eigenvalue weighted by molar-refractivity contribution is 0.805. The molecule has 10 heteroatoms. The second kappa shape index (κ2) is 6.75. The molecule has 4 rings (SSSR count). The summed E-state index contributed by atoms with van der Waals surface area (Å²) in [5.41, 5.74) is 8.05. The average molecular weight is 360 g/mol. The number of para-hydroxylation sites is 1. The molecule has 0 spiro atoms. The second-order valence-electron chi connectivity index (χ2n) is 5.69. The van der Waals surface area contributed by atoms with Crippen molar-refractivity contribution in [1.82, 2.24) is 34.5 Å². The van der Waals surface area contributed by atoms with Gasteiger partial charge in [-0.3, -0.25) is 0 Å². The maximum Gasteiger partial charge on any atom is 0.272 e. The van der Waals surface area contributed by atoms with Crippen molar-refractivity contribution in [3.8, 4) is 11.6 Å². The van der Waals surface area contributed by atoms with Gasteiger partial charge in [-0.25, -0.2) is 9.97 Å². The Balaban J connectivity index is 1.72.